The molecule has 0 spiro atoms. The highest BCUT2D eigenvalue weighted by atomic mass is 79.9. The van der Waals surface area contributed by atoms with E-state index in [0.29, 0.717) is 37.8 Å². The molecule has 3 N–H and O–H groups in total. The normalized spacial score (nSPS) is 18.9. The molecule has 1 amide bonds. The molecule has 0 saturated carbocycles. The monoisotopic (exact) mass is 342 g/mol. The Morgan fingerprint density at radius 1 is 1.70 bits per heavy atom. The molecule has 1 aromatic heterocycles. The summed E-state index contributed by atoms with van der Waals surface area (Å²) in [7, 11) is 0. The van der Waals surface area contributed by atoms with Gasteiger partial charge in [0, 0.05) is 23.8 Å². The van der Waals surface area contributed by atoms with Crippen molar-refractivity contribution < 1.29 is 9.53 Å². The first-order valence-electron chi connectivity index (χ1n) is 6.66. The van der Waals surface area contributed by atoms with Gasteiger partial charge in [0.1, 0.15) is 6.04 Å². The van der Waals surface area contributed by atoms with Crippen LogP contribution in [0.1, 0.15) is 13.3 Å². The van der Waals surface area contributed by atoms with Gasteiger partial charge in [0.05, 0.1) is 18.9 Å². The maximum absolute atomic E-state index is 12.2. The molecule has 1 saturated heterocycles. The zero-order valence-electron chi connectivity index (χ0n) is 11.4. The van der Waals surface area contributed by atoms with Gasteiger partial charge >= 0.3 is 0 Å². The molecule has 1 aliphatic rings. The first-order chi connectivity index (χ1) is 9.63. The number of anilines is 2. The van der Waals surface area contributed by atoms with Crippen LogP contribution in [-0.4, -0.2) is 43.2 Å². The summed E-state index contributed by atoms with van der Waals surface area (Å²) in [5, 5.41) is 2.89. The van der Waals surface area contributed by atoms with Gasteiger partial charge in [-0.2, -0.15) is 0 Å². The van der Waals surface area contributed by atoms with Gasteiger partial charge in [0.15, 0.2) is 5.82 Å². The third-order valence-corrected chi connectivity index (χ3v) is 3.55. The number of ether oxygens (including phenoxy) is 1. The predicted molar refractivity (Wildman–Crippen MR) is 81.6 cm³/mol. The number of halogens is 1. The summed E-state index contributed by atoms with van der Waals surface area (Å²) in [5.74, 6) is 0.587. The van der Waals surface area contributed by atoms with E-state index < -0.39 is 0 Å². The fraction of sp³-hybridized carbons (Fsp3) is 0.538. The van der Waals surface area contributed by atoms with Crippen LogP contribution in [0.4, 0.5) is 11.5 Å². The van der Waals surface area contributed by atoms with Crippen molar-refractivity contribution in [2.24, 2.45) is 0 Å². The highest BCUT2D eigenvalue weighted by Crippen LogP contribution is 2.26. The van der Waals surface area contributed by atoms with Gasteiger partial charge in [0.2, 0.25) is 5.91 Å². The van der Waals surface area contributed by atoms with Crippen molar-refractivity contribution in [3.63, 3.8) is 0 Å². The van der Waals surface area contributed by atoms with E-state index in [1.54, 1.807) is 12.3 Å². The molecule has 6 nitrogen and oxygen atoms in total. The zero-order valence-corrected chi connectivity index (χ0v) is 13.0. The number of amides is 1. The number of nitrogens with two attached hydrogens (primary N) is 1. The number of aromatic nitrogens is 1. The second-order valence-electron chi connectivity index (χ2n) is 4.64. The molecule has 2 heterocycles. The number of morpholine rings is 1. The molecule has 0 radical (unpaired) electrons. The van der Waals surface area contributed by atoms with E-state index in [1.165, 1.54) is 0 Å². The van der Waals surface area contributed by atoms with Crippen LogP contribution < -0.4 is 16.0 Å². The Morgan fingerprint density at radius 2 is 2.50 bits per heavy atom. The number of hydrogen-bond donors (Lipinski definition) is 2. The fourth-order valence-corrected chi connectivity index (χ4v) is 2.48. The Bertz CT molecular complexity index is 483. The first-order valence-corrected chi connectivity index (χ1v) is 7.46. The number of hydrogen-bond acceptors (Lipinski definition) is 5. The van der Waals surface area contributed by atoms with Crippen LogP contribution in [0.3, 0.4) is 0 Å². The van der Waals surface area contributed by atoms with E-state index in [0.717, 1.165) is 10.9 Å². The molecule has 1 unspecified atom stereocenters. The summed E-state index contributed by atoms with van der Waals surface area (Å²) < 4.78 is 6.24. The van der Waals surface area contributed by atoms with Gasteiger partial charge in [0.25, 0.3) is 0 Å². The van der Waals surface area contributed by atoms with Crippen LogP contribution in [0.15, 0.2) is 16.7 Å². The topological polar surface area (TPSA) is 80.5 Å². The highest BCUT2D eigenvalue weighted by Gasteiger charge is 2.31. The smallest absolute Gasteiger partial charge is 0.245 e. The molecule has 1 aromatic rings. The number of carbonyl (C=O) groups excluding carboxylic acids is 1. The lowest BCUT2D eigenvalue weighted by Gasteiger charge is -2.36. The number of nitrogens with one attached hydrogen (secondary N) is 1. The van der Waals surface area contributed by atoms with Crippen LogP contribution in [0.25, 0.3) is 0 Å². The van der Waals surface area contributed by atoms with E-state index in [2.05, 4.69) is 26.2 Å². The van der Waals surface area contributed by atoms with Gasteiger partial charge in [-0.1, -0.05) is 6.92 Å². The Morgan fingerprint density at radius 3 is 3.20 bits per heavy atom. The van der Waals surface area contributed by atoms with Crippen molar-refractivity contribution in [2.75, 3.05) is 36.9 Å². The summed E-state index contributed by atoms with van der Waals surface area (Å²) in [5.41, 5.74) is 6.56. The van der Waals surface area contributed by atoms with Crippen LogP contribution in [0.5, 0.6) is 0 Å². The van der Waals surface area contributed by atoms with Gasteiger partial charge < -0.3 is 20.7 Å². The summed E-state index contributed by atoms with van der Waals surface area (Å²) >= 11 is 3.33. The summed E-state index contributed by atoms with van der Waals surface area (Å²) in [4.78, 5) is 18.5. The van der Waals surface area contributed by atoms with E-state index >= 15 is 0 Å². The van der Waals surface area contributed by atoms with Crippen molar-refractivity contribution >= 4 is 33.3 Å². The van der Waals surface area contributed by atoms with Gasteiger partial charge in [-0.25, -0.2) is 4.98 Å². The second kappa shape index (κ2) is 6.90. The molecule has 2 rings (SSSR count). The van der Waals surface area contributed by atoms with Crippen molar-refractivity contribution in [1.82, 2.24) is 10.3 Å². The third kappa shape index (κ3) is 3.40. The van der Waals surface area contributed by atoms with Crippen LogP contribution in [0, 0.1) is 0 Å². The SMILES string of the molecule is CCCNC(=O)C1COCCN1c1ncc(Br)cc1N. The summed E-state index contributed by atoms with van der Waals surface area (Å²) in [6.45, 7) is 4.20. The minimum atomic E-state index is -0.383. The van der Waals surface area contributed by atoms with Crippen molar-refractivity contribution in [2.45, 2.75) is 19.4 Å². The lowest BCUT2D eigenvalue weighted by Crippen LogP contribution is -2.54. The molecule has 0 aromatic carbocycles. The molecule has 20 heavy (non-hydrogen) atoms. The standard InChI is InChI=1S/C13H19BrN4O2/c1-2-3-16-13(19)11-8-20-5-4-18(11)12-10(15)6-9(14)7-17-12/h6-7,11H,2-5,8,15H2,1H3,(H,16,19). The van der Waals surface area contributed by atoms with Crippen molar-refractivity contribution in [1.29, 1.82) is 0 Å². The van der Waals surface area contributed by atoms with E-state index in [9.17, 15) is 4.79 Å². The average molecular weight is 343 g/mol. The largest absolute Gasteiger partial charge is 0.396 e. The van der Waals surface area contributed by atoms with Crippen molar-refractivity contribution in [3.05, 3.63) is 16.7 Å². The number of nitrogen functional groups attached to an aromatic ring is 1. The Hall–Kier alpha value is -1.34. The Labute approximate surface area is 126 Å². The minimum absolute atomic E-state index is 0.0457. The van der Waals surface area contributed by atoms with E-state index in [-0.39, 0.29) is 11.9 Å². The van der Waals surface area contributed by atoms with Gasteiger partial charge in [-0.05, 0) is 28.4 Å². The lowest BCUT2D eigenvalue weighted by atomic mass is 10.2. The van der Waals surface area contributed by atoms with E-state index in [1.807, 2.05) is 11.8 Å². The number of nitrogens with zero attached hydrogens (tertiary/aromatic N) is 2. The molecule has 110 valence electrons. The molecule has 1 aliphatic heterocycles. The van der Waals surface area contributed by atoms with Gasteiger partial charge in [-0.15, -0.1) is 0 Å². The molecule has 1 fully saturated rings. The molecule has 0 aliphatic carbocycles. The molecular formula is C13H19BrN4O2. The first kappa shape index (κ1) is 15.1. The number of pyridine rings is 1. The zero-order chi connectivity index (χ0) is 14.5. The third-order valence-electron chi connectivity index (χ3n) is 3.11. The highest BCUT2D eigenvalue weighted by molar-refractivity contribution is 9.10. The molecule has 7 heteroatoms. The maximum atomic E-state index is 12.2. The molecule has 1 atom stereocenters. The summed E-state index contributed by atoms with van der Waals surface area (Å²) in [6, 6.07) is 1.41. The average Bonchev–Trinajstić information content (AvgIpc) is 2.45. The Kier molecular flexibility index (Phi) is 5.19. The van der Waals surface area contributed by atoms with Crippen LogP contribution in [-0.2, 0) is 9.53 Å². The maximum Gasteiger partial charge on any atom is 0.245 e. The Balaban J connectivity index is 2.19. The number of rotatable bonds is 4. The fourth-order valence-electron chi connectivity index (χ4n) is 2.13. The summed E-state index contributed by atoms with van der Waals surface area (Å²) in [6.07, 6.45) is 2.58. The predicted octanol–water partition coefficient (Wildman–Crippen LogP) is 1.16. The lowest BCUT2D eigenvalue weighted by molar-refractivity contribution is -0.124. The van der Waals surface area contributed by atoms with Crippen LogP contribution in [0.2, 0.25) is 0 Å². The molecular weight excluding hydrogens is 324 g/mol. The second-order valence-corrected chi connectivity index (χ2v) is 5.56. The quantitative estimate of drug-likeness (QED) is 0.858. The van der Waals surface area contributed by atoms with Crippen molar-refractivity contribution in [3.8, 4) is 0 Å². The van der Waals surface area contributed by atoms with E-state index in [4.69, 9.17) is 10.5 Å². The number of carbonyl (C=O) groups is 1. The minimum Gasteiger partial charge on any atom is -0.396 e. The molecule has 0 bridgehead atoms. The van der Waals surface area contributed by atoms with Gasteiger partial charge in [-0.3, -0.25) is 4.79 Å². The van der Waals surface area contributed by atoms with Crippen LogP contribution >= 0.6 is 15.9 Å².